The van der Waals surface area contributed by atoms with E-state index in [9.17, 15) is 29.3 Å². The molecule has 0 aromatic rings. The van der Waals surface area contributed by atoms with Gasteiger partial charge in [-0.2, -0.15) is 0 Å². The van der Waals surface area contributed by atoms with E-state index in [1.807, 2.05) is 12.2 Å². The molecule has 12 heteroatoms. The third kappa shape index (κ3) is 41.3. The highest BCUT2D eigenvalue weighted by Gasteiger charge is 2.27. The fourth-order valence-corrected chi connectivity index (χ4v) is 5.90. The smallest absolute Gasteiger partial charge is 0.462 e. The SMILES string of the molecule is CC/C=C\C/C=C\C/C=C\C/C=C\C=C/C(O)C/C=C\CCC(=O)OC[C@H](COP(=O)(O)OC[C@@H](O)CO)OC(=O)CCCCCC/C=C\C/C=C\C/C=C\CCCCC. The summed E-state index contributed by atoms with van der Waals surface area (Å²) in [6.45, 7) is 1.98. The quantitative estimate of drug-likeness (QED) is 0.0153. The van der Waals surface area contributed by atoms with E-state index < -0.39 is 64.5 Å². The molecule has 0 radical (unpaired) electrons. The maximum Gasteiger partial charge on any atom is 0.472 e. The number of esters is 2. The predicted octanol–water partition coefficient (Wildman–Crippen LogP) is 10.7. The van der Waals surface area contributed by atoms with Crippen LogP contribution in [0.2, 0.25) is 0 Å². The minimum absolute atomic E-state index is 0.0231. The lowest BCUT2D eigenvalue weighted by Crippen LogP contribution is -2.29. The second-order valence-electron chi connectivity index (χ2n) is 14.2. The van der Waals surface area contributed by atoms with Crippen LogP contribution in [0.15, 0.2) is 109 Å². The molecule has 60 heavy (non-hydrogen) atoms. The van der Waals surface area contributed by atoms with Crippen molar-refractivity contribution in [1.82, 2.24) is 0 Å². The lowest BCUT2D eigenvalue weighted by Gasteiger charge is -2.20. The van der Waals surface area contributed by atoms with Gasteiger partial charge in [0.15, 0.2) is 6.10 Å². The van der Waals surface area contributed by atoms with Crippen molar-refractivity contribution in [2.24, 2.45) is 0 Å². The molecular formula is C48H77O11P. The summed E-state index contributed by atoms with van der Waals surface area (Å²) in [5.74, 6) is -1.14. The van der Waals surface area contributed by atoms with Crippen molar-refractivity contribution >= 4 is 19.8 Å². The van der Waals surface area contributed by atoms with Gasteiger partial charge in [0.1, 0.15) is 12.7 Å². The first-order valence-corrected chi connectivity index (χ1v) is 23.4. The molecule has 0 saturated heterocycles. The third-order valence-electron chi connectivity index (χ3n) is 8.51. The van der Waals surface area contributed by atoms with Crippen LogP contribution >= 0.6 is 7.82 Å². The maximum atomic E-state index is 12.6. The third-order valence-corrected chi connectivity index (χ3v) is 9.46. The molecule has 0 saturated carbocycles. The number of carbonyl (C=O) groups excluding carboxylic acids is 2. The van der Waals surface area contributed by atoms with Gasteiger partial charge in [-0.15, -0.1) is 0 Å². The Morgan fingerprint density at radius 1 is 0.583 bits per heavy atom. The Bertz CT molecular complexity index is 1380. The van der Waals surface area contributed by atoms with E-state index in [1.54, 1.807) is 24.3 Å². The first kappa shape index (κ1) is 56.6. The van der Waals surface area contributed by atoms with Crippen LogP contribution in [0.3, 0.4) is 0 Å². The lowest BCUT2D eigenvalue weighted by molar-refractivity contribution is -0.161. The number of ether oxygens (including phenoxy) is 2. The number of aliphatic hydroxyl groups is 3. The highest BCUT2D eigenvalue weighted by Crippen LogP contribution is 2.43. The predicted molar refractivity (Wildman–Crippen MR) is 243 cm³/mol. The van der Waals surface area contributed by atoms with Gasteiger partial charge in [-0.05, 0) is 83.5 Å². The van der Waals surface area contributed by atoms with Gasteiger partial charge >= 0.3 is 19.8 Å². The summed E-state index contributed by atoms with van der Waals surface area (Å²) in [7, 11) is -4.67. The van der Waals surface area contributed by atoms with E-state index in [1.165, 1.54) is 19.3 Å². The lowest BCUT2D eigenvalue weighted by atomic mass is 10.1. The van der Waals surface area contributed by atoms with Crippen LogP contribution in [-0.2, 0) is 32.7 Å². The Balaban J connectivity index is 4.57. The molecule has 0 spiro atoms. The minimum Gasteiger partial charge on any atom is -0.462 e. The Labute approximate surface area is 361 Å². The van der Waals surface area contributed by atoms with E-state index in [4.69, 9.17) is 19.1 Å². The summed E-state index contributed by atoms with van der Waals surface area (Å²) in [6, 6.07) is 0. The van der Waals surface area contributed by atoms with Crippen molar-refractivity contribution in [1.29, 1.82) is 0 Å². The van der Waals surface area contributed by atoms with Crippen LogP contribution in [0.1, 0.15) is 136 Å². The molecule has 4 atom stereocenters. The number of phosphoric ester groups is 1. The zero-order chi connectivity index (χ0) is 44.2. The first-order valence-electron chi connectivity index (χ1n) is 22.0. The number of carbonyl (C=O) groups is 2. The van der Waals surface area contributed by atoms with Crippen LogP contribution in [-0.4, -0.2) is 76.9 Å². The highest BCUT2D eigenvalue weighted by molar-refractivity contribution is 7.47. The van der Waals surface area contributed by atoms with Gasteiger partial charge < -0.3 is 29.7 Å². The molecule has 0 rings (SSSR count). The van der Waals surface area contributed by atoms with Crippen LogP contribution in [0.5, 0.6) is 0 Å². The van der Waals surface area contributed by atoms with Crippen molar-refractivity contribution in [3.63, 3.8) is 0 Å². The first-order chi connectivity index (χ1) is 29.1. The van der Waals surface area contributed by atoms with Crippen LogP contribution < -0.4 is 0 Å². The van der Waals surface area contributed by atoms with Crippen molar-refractivity contribution in [2.75, 3.05) is 26.4 Å². The molecule has 0 bridgehead atoms. The van der Waals surface area contributed by atoms with Crippen molar-refractivity contribution in [3.8, 4) is 0 Å². The zero-order valence-corrected chi connectivity index (χ0v) is 37.4. The van der Waals surface area contributed by atoms with Gasteiger partial charge in [-0.1, -0.05) is 149 Å². The summed E-state index contributed by atoms with van der Waals surface area (Å²) < 4.78 is 32.6. The number of aliphatic hydroxyl groups excluding tert-OH is 3. The molecule has 11 nitrogen and oxygen atoms in total. The standard InChI is InChI=1S/C48H77O11P/c1-3-5-7-9-11-13-15-17-18-19-20-22-24-26-28-30-34-39-48(53)59-46(43-58-60(54,55)57-41-45(51)40-49)42-56-47(52)38-35-31-33-37-44(50)36-32-29-27-25-23-21-16-14-12-10-8-6-4-2/h6,8,11-14,17-18,20-23,27,29,31-33,36,44-46,49-51H,3-5,7,9-10,15-16,19,24-26,28,30,34-35,37-43H2,1-2H3,(H,54,55)/b8-6-,13-11-,14-12-,18-17-,22-20-,23-21-,29-27-,33-31-,36-32-/t44?,45-,46+/m0/s1. The Hall–Kier alpha value is -3.41. The molecule has 0 aromatic heterocycles. The van der Waals surface area contributed by atoms with Crippen LogP contribution in [0, 0.1) is 0 Å². The molecule has 0 heterocycles. The topological polar surface area (TPSA) is 169 Å². The Kier molecular flexibility index (Phi) is 39.9. The molecule has 0 aromatic carbocycles. The number of hydrogen-bond donors (Lipinski definition) is 4. The fraction of sp³-hybridized carbons (Fsp3) is 0.583. The summed E-state index contributed by atoms with van der Waals surface area (Å²) in [5.41, 5.74) is 0. The van der Waals surface area contributed by atoms with E-state index in [0.29, 0.717) is 19.3 Å². The largest absolute Gasteiger partial charge is 0.472 e. The average Bonchev–Trinajstić information content (AvgIpc) is 3.23. The van der Waals surface area contributed by atoms with Crippen molar-refractivity contribution in [3.05, 3.63) is 109 Å². The van der Waals surface area contributed by atoms with Crippen molar-refractivity contribution < 1.29 is 52.9 Å². The fourth-order valence-electron chi connectivity index (χ4n) is 5.11. The molecule has 4 N–H and O–H groups in total. The average molecular weight is 861 g/mol. The van der Waals surface area contributed by atoms with Crippen LogP contribution in [0.25, 0.3) is 0 Å². The van der Waals surface area contributed by atoms with E-state index in [0.717, 1.165) is 70.6 Å². The van der Waals surface area contributed by atoms with Crippen LogP contribution in [0.4, 0.5) is 0 Å². The maximum absolute atomic E-state index is 12.6. The molecule has 0 aliphatic rings. The molecule has 0 aliphatic heterocycles. The van der Waals surface area contributed by atoms with Gasteiger partial charge in [-0.25, -0.2) is 4.57 Å². The number of rotatable bonds is 39. The number of phosphoric acid groups is 1. The zero-order valence-electron chi connectivity index (χ0n) is 36.5. The van der Waals surface area contributed by atoms with E-state index in [2.05, 4.69) is 91.3 Å². The second-order valence-corrected chi connectivity index (χ2v) is 15.6. The molecule has 0 amide bonds. The van der Waals surface area contributed by atoms with Gasteiger partial charge in [0.05, 0.1) is 25.9 Å². The molecule has 340 valence electrons. The van der Waals surface area contributed by atoms with E-state index >= 15 is 0 Å². The number of allylic oxidation sites excluding steroid dienone is 16. The molecule has 0 fully saturated rings. The minimum atomic E-state index is -4.67. The normalized spacial score (nSPS) is 15.4. The number of hydrogen-bond acceptors (Lipinski definition) is 10. The van der Waals surface area contributed by atoms with Gasteiger partial charge in [0.2, 0.25) is 0 Å². The molecular weight excluding hydrogens is 783 g/mol. The van der Waals surface area contributed by atoms with Gasteiger partial charge in [0, 0.05) is 12.8 Å². The Morgan fingerprint density at radius 2 is 1.13 bits per heavy atom. The molecule has 2 unspecified atom stereocenters. The van der Waals surface area contributed by atoms with E-state index in [-0.39, 0.29) is 12.8 Å². The summed E-state index contributed by atoms with van der Waals surface area (Å²) in [5, 5.41) is 28.5. The monoisotopic (exact) mass is 861 g/mol. The number of unbranched alkanes of at least 4 members (excludes halogenated alkanes) is 7. The van der Waals surface area contributed by atoms with Gasteiger partial charge in [0.25, 0.3) is 0 Å². The second kappa shape index (κ2) is 42.3. The summed E-state index contributed by atoms with van der Waals surface area (Å²) in [6.07, 6.45) is 49.4. The van der Waals surface area contributed by atoms with Crippen molar-refractivity contribution in [2.45, 2.75) is 154 Å². The highest BCUT2D eigenvalue weighted by atomic mass is 31.2. The molecule has 0 aliphatic carbocycles. The summed E-state index contributed by atoms with van der Waals surface area (Å²) >= 11 is 0. The van der Waals surface area contributed by atoms with Gasteiger partial charge in [-0.3, -0.25) is 18.6 Å². The summed E-state index contributed by atoms with van der Waals surface area (Å²) in [4.78, 5) is 35.0. The Morgan fingerprint density at radius 3 is 1.75 bits per heavy atom.